The van der Waals surface area contributed by atoms with E-state index in [4.69, 9.17) is 22.4 Å². The van der Waals surface area contributed by atoms with Crippen molar-refractivity contribution in [1.29, 1.82) is 10.8 Å². The topological polar surface area (TPSA) is 97.1 Å². The highest BCUT2D eigenvalue weighted by atomic mass is 35.5. The van der Waals surface area contributed by atoms with Gasteiger partial charge in [-0.05, 0) is 42.0 Å². The second kappa shape index (κ2) is 9.70. The Balaban J connectivity index is 2.16. The summed E-state index contributed by atoms with van der Waals surface area (Å²) in [4.78, 5) is 25.1. The molecule has 29 heavy (non-hydrogen) atoms. The number of carbonyl (C=O) groups is 2. The van der Waals surface area contributed by atoms with Gasteiger partial charge in [0, 0.05) is 24.2 Å². The van der Waals surface area contributed by atoms with Gasteiger partial charge in [0.1, 0.15) is 17.5 Å². The predicted octanol–water partition coefficient (Wildman–Crippen LogP) is 3.84. The molecular formula is C20H17ClF2N4O2. The van der Waals surface area contributed by atoms with Gasteiger partial charge in [-0.25, -0.2) is 8.78 Å². The SMILES string of the molecule is CC(=O)N(C(=N)/C=C(\C=N)NC(=O)Cc1ccc(F)cc1Cl)c1ccc(F)cc1. The molecule has 9 heteroatoms. The van der Waals surface area contributed by atoms with Crippen LogP contribution in [0.2, 0.25) is 5.02 Å². The number of carbonyl (C=O) groups excluding carboxylic acids is 2. The molecule has 0 atom stereocenters. The number of nitrogens with zero attached hydrogens (tertiary/aromatic N) is 1. The van der Waals surface area contributed by atoms with Crippen LogP contribution < -0.4 is 10.2 Å². The third-order valence-electron chi connectivity index (χ3n) is 3.74. The van der Waals surface area contributed by atoms with Crippen molar-refractivity contribution in [3.05, 3.63) is 76.5 Å². The normalized spacial score (nSPS) is 11.0. The molecule has 2 aromatic carbocycles. The summed E-state index contributed by atoms with van der Waals surface area (Å²) < 4.78 is 26.2. The average molecular weight is 419 g/mol. The van der Waals surface area contributed by atoms with E-state index in [2.05, 4.69) is 5.32 Å². The van der Waals surface area contributed by atoms with E-state index in [-0.39, 0.29) is 28.7 Å². The molecule has 0 aliphatic rings. The zero-order valence-corrected chi connectivity index (χ0v) is 16.1. The summed E-state index contributed by atoms with van der Waals surface area (Å²) >= 11 is 5.90. The van der Waals surface area contributed by atoms with E-state index >= 15 is 0 Å². The molecule has 0 saturated carbocycles. The molecule has 0 spiro atoms. The summed E-state index contributed by atoms with van der Waals surface area (Å²) in [5, 5.41) is 18.1. The zero-order chi connectivity index (χ0) is 21.6. The van der Waals surface area contributed by atoms with Crippen molar-refractivity contribution in [3.8, 4) is 0 Å². The fourth-order valence-electron chi connectivity index (χ4n) is 2.45. The van der Waals surface area contributed by atoms with Crippen molar-refractivity contribution in [2.24, 2.45) is 0 Å². The van der Waals surface area contributed by atoms with Crippen LogP contribution in [-0.4, -0.2) is 23.9 Å². The lowest BCUT2D eigenvalue weighted by Gasteiger charge is -2.20. The second-order valence-electron chi connectivity index (χ2n) is 5.92. The van der Waals surface area contributed by atoms with Crippen LogP contribution in [0.25, 0.3) is 0 Å². The quantitative estimate of drug-likeness (QED) is 0.490. The first-order chi connectivity index (χ1) is 13.7. The Labute approximate surface area is 170 Å². The molecular weight excluding hydrogens is 402 g/mol. The lowest BCUT2D eigenvalue weighted by atomic mass is 10.1. The number of amides is 2. The van der Waals surface area contributed by atoms with E-state index < -0.39 is 23.4 Å². The van der Waals surface area contributed by atoms with Crippen LogP contribution in [0.1, 0.15) is 12.5 Å². The largest absolute Gasteiger partial charge is 0.324 e. The maximum atomic E-state index is 13.1. The van der Waals surface area contributed by atoms with Crippen LogP contribution in [-0.2, 0) is 16.0 Å². The van der Waals surface area contributed by atoms with Crippen molar-refractivity contribution in [1.82, 2.24) is 5.32 Å². The van der Waals surface area contributed by atoms with Gasteiger partial charge in [-0.15, -0.1) is 0 Å². The van der Waals surface area contributed by atoms with Gasteiger partial charge in [-0.1, -0.05) is 17.7 Å². The number of hydrogen-bond donors (Lipinski definition) is 3. The number of anilines is 1. The van der Waals surface area contributed by atoms with Crippen LogP contribution in [0.5, 0.6) is 0 Å². The predicted molar refractivity (Wildman–Crippen MR) is 107 cm³/mol. The van der Waals surface area contributed by atoms with E-state index in [1.54, 1.807) is 0 Å². The first kappa shape index (κ1) is 21.9. The molecule has 0 aliphatic heterocycles. The minimum absolute atomic E-state index is 0.0494. The Kier molecular flexibility index (Phi) is 7.33. The van der Waals surface area contributed by atoms with Crippen LogP contribution in [0.3, 0.4) is 0 Å². The smallest absolute Gasteiger partial charge is 0.229 e. The molecule has 0 aromatic heterocycles. The second-order valence-corrected chi connectivity index (χ2v) is 6.33. The molecule has 2 amide bonds. The number of nitrogens with one attached hydrogen (secondary N) is 3. The van der Waals surface area contributed by atoms with Gasteiger partial charge in [0.15, 0.2) is 0 Å². The van der Waals surface area contributed by atoms with Gasteiger partial charge in [0.05, 0.1) is 17.8 Å². The third-order valence-corrected chi connectivity index (χ3v) is 4.09. The van der Waals surface area contributed by atoms with E-state index in [0.717, 1.165) is 35.4 Å². The molecule has 0 radical (unpaired) electrons. The Bertz CT molecular complexity index is 990. The lowest BCUT2D eigenvalue weighted by Crippen LogP contribution is -2.35. The van der Waals surface area contributed by atoms with Crippen LogP contribution in [0.15, 0.2) is 54.2 Å². The summed E-state index contributed by atoms with van der Waals surface area (Å²) in [5.74, 6) is -2.41. The maximum absolute atomic E-state index is 13.1. The van der Waals surface area contributed by atoms with Gasteiger partial charge in [0.2, 0.25) is 11.8 Å². The Morgan fingerprint density at radius 3 is 2.31 bits per heavy atom. The Hall–Kier alpha value is -3.39. The molecule has 3 N–H and O–H groups in total. The number of amidine groups is 1. The molecule has 2 rings (SSSR count). The molecule has 0 saturated heterocycles. The highest BCUT2D eigenvalue weighted by Crippen LogP contribution is 2.18. The Morgan fingerprint density at radius 2 is 1.76 bits per heavy atom. The number of allylic oxidation sites excluding steroid dienone is 1. The van der Waals surface area contributed by atoms with Gasteiger partial charge in [-0.3, -0.25) is 19.9 Å². The molecule has 2 aromatic rings. The molecule has 0 unspecified atom stereocenters. The van der Waals surface area contributed by atoms with Crippen LogP contribution >= 0.6 is 11.6 Å². The number of hydrogen-bond acceptors (Lipinski definition) is 4. The molecule has 6 nitrogen and oxygen atoms in total. The molecule has 0 heterocycles. The van der Waals surface area contributed by atoms with E-state index in [1.807, 2.05) is 0 Å². The highest BCUT2D eigenvalue weighted by molar-refractivity contribution is 6.31. The van der Waals surface area contributed by atoms with E-state index in [1.165, 1.54) is 31.2 Å². The Morgan fingerprint density at radius 1 is 1.14 bits per heavy atom. The summed E-state index contributed by atoms with van der Waals surface area (Å²) in [5.41, 5.74) is 0.599. The van der Waals surface area contributed by atoms with Gasteiger partial charge in [-0.2, -0.15) is 0 Å². The zero-order valence-electron chi connectivity index (χ0n) is 15.3. The highest BCUT2D eigenvalue weighted by Gasteiger charge is 2.17. The van der Waals surface area contributed by atoms with Crippen molar-refractivity contribution >= 4 is 41.2 Å². The van der Waals surface area contributed by atoms with Gasteiger partial charge < -0.3 is 10.7 Å². The number of rotatable bonds is 6. The molecule has 0 bridgehead atoms. The van der Waals surface area contributed by atoms with Crippen molar-refractivity contribution in [2.45, 2.75) is 13.3 Å². The van der Waals surface area contributed by atoms with Crippen molar-refractivity contribution in [2.75, 3.05) is 4.90 Å². The monoisotopic (exact) mass is 418 g/mol. The summed E-state index contributed by atoms with van der Waals surface area (Å²) in [7, 11) is 0. The molecule has 150 valence electrons. The van der Waals surface area contributed by atoms with E-state index in [0.29, 0.717) is 5.56 Å². The summed E-state index contributed by atoms with van der Waals surface area (Å²) in [6.45, 7) is 1.23. The molecule has 0 aliphatic carbocycles. The molecule has 0 fully saturated rings. The standard InChI is InChI=1S/C20H17ClF2N4O2/c1-12(28)27(17-6-4-14(22)5-7-17)19(25)10-16(11-24)26-20(29)8-13-2-3-15(23)9-18(13)21/h2-7,9-11,24-25H,8H2,1H3,(H,26,29)/b16-10+,24-11?,25-19?. The first-order valence-corrected chi connectivity index (χ1v) is 8.70. The lowest BCUT2D eigenvalue weighted by molar-refractivity contribution is -0.119. The van der Waals surface area contributed by atoms with Crippen LogP contribution in [0, 0.1) is 22.5 Å². The maximum Gasteiger partial charge on any atom is 0.229 e. The fourth-order valence-corrected chi connectivity index (χ4v) is 2.68. The van der Waals surface area contributed by atoms with Gasteiger partial charge in [0.25, 0.3) is 0 Å². The van der Waals surface area contributed by atoms with Crippen molar-refractivity contribution < 1.29 is 18.4 Å². The van der Waals surface area contributed by atoms with Gasteiger partial charge >= 0.3 is 0 Å². The minimum atomic E-state index is -0.544. The number of benzene rings is 2. The van der Waals surface area contributed by atoms with E-state index in [9.17, 15) is 18.4 Å². The van der Waals surface area contributed by atoms with Crippen molar-refractivity contribution in [3.63, 3.8) is 0 Å². The minimum Gasteiger partial charge on any atom is -0.324 e. The fraction of sp³-hybridized carbons (Fsp3) is 0.100. The first-order valence-electron chi connectivity index (χ1n) is 8.32. The third kappa shape index (κ3) is 6.05. The average Bonchev–Trinajstić information content (AvgIpc) is 2.65. The van der Waals surface area contributed by atoms with Crippen LogP contribution in [0.4, 0.5) is 14.5 Å². The summed E-state index contributed by atoms with van der Waals surface area (Å²) in [6, 6.07) is 8.59. The summed E-state index contributed by atoms with van der Waals surface area (Å²) in [6.07, 6.45) is 1.75. The number of halogens is 3.